The van der Waals surface area contributed by atoms with E-state index in [1.54, 1.807) is 23.3 Å². The van der Waals surface area contributed by atoms with Crippen LogP contribution in [0.15, 0.2) is 35.7 Å². The average Bonchev–Trinajstić information content (AvgIpc) is 3.51. The number of ether oxygens (including phenoxy) is 2. The van der Waals surface area contributed by atoms with Crippen LogP contribution in [0.3, 0.4) is 0 Å². The Kier molecular flexibility index (Phi) is 6.51. The summed E-state index contributed by atoms with van der Waals surface area (Å²) in [7, 11) is 1.63. The second-order valence-corrected chi connectivity index (χ2v) is 9.48. The molecule has 166 valence electrons. The first-order valence-corrected chi connectivity index (χ1v) is 11.8. The number of rotatable bonds is 8. The second-order valence-electron chi connectivity index (χ2n) is 8.48. The third kappa shape index (κ3) is 4.87. The first kappa shape index (κ1) is 21.7. The Morgan fingerprint density at radius 2 is 2.00 bits per heavy atom. The van der Waals surface area contributed by atoms with Gasteiger partial charge in [0.25, 0.3) is 0 Å². The van der Waals surface area contributed by atoms with Crippen LogP contribution in [-0.4, -0.2) is 54.5 Å². The molecular weight excluding hydrogens is 412 g/mol. The number of fused-ring (bicyclic) bond motifs is 1. The highest BCUT2D eigenvalue weighted by molar-refractivity contribution is 7.10. The predicted molar refractivity (Wildman–Crippen MR) is 121 cm³/mol. The highest BCUT2D eigenvalue weighted by atomic mass is 32.1. The number of carbonyl (C=O) groups excluding carboxylic acids is 2. The molecule has 2 amide bonds. The highest BCUT2D eigenvalue weighted by Gasteiger charge is 2.38. The summed E-state index contributed by atoms with van der Waals surface area (Å²) < 4.78 is 11.4. The lowest BCUT2D eigenvalue weighted by Crippen LogP contribution is -2.49. The van der Waals surface area contributed by atoms with Crippen LogP contribution in [0, 0.1) is 5.92 Å². The fourth-order valence-electron chi connectivity index (χ4n) is 4.06. The molecule has 6 nitrogen and oxygen atoms in total. The topological polar surface area (TPSA) is 59.1 Å². The molecule has 0 bridgehead atoms. The number of nitrogens with zero attached hydrogens (tertiary/aromatic N) is 2. The molecule has 2 aromatic rings. The maximum Gasteiger partial charge on any atom is 0.242 e. The van der Waals surface area contributed by atoms with Crippen LogP contribution < -0.4 is 9.47 Å². The number of methoxy groups -OCH3 is 1. The molecule has 1 aromatic heterocycles. The Morgan fingerprint density at radius 1 is 1.23 bits per heavy atom. The zero-order valence-electron chi connectivity index (χ0n) is 18.4. The molecule has 1 aromatic carbocycles. The van der Waals surface area contributed by atoms with Crippen LogP contribution in [0.4, 0.5) is 0 Å². The maximum absolute atomic E-state index is 13.4. The Balaban J connectivity index is 1.50. The van der Waals surface area contributed by atoms with Gasteiger partial charge in [0.05, 0.1) is 13.2 Å². The van der Waals surface area contributed by atoms with E-state index in [4.69, 9.17) is 9.47 Å². The Morgan fingerprint density at radius 3 is 2.71 bits per heavy atom. The number of benzene rings is 1. The van der Waals surface area contributed by atoms with Crippen LogP contribution >= 0.6 is 11.3 Å². The van der Waals surface area contributed by atoms with Crippen LogP contribution in [0.5, 0.6) is 11.5 Å². The average molecular weight is 443 g/mol. The monoisotopic (exact) mass is 442 g/mol. The van der Waals surface area contributed by atoms with Crippen LogP contribution in [0.25, 0.3) is 0 Å². The lowest BCUT2D eigenvalue weighted by atomic mass is 10.00. The lowest BCUT2D eigenvalue weighted by Gasteiger charge is -2.37. The summed E-state index contributed by atoms with van der Waals surface area (Å²) in [5.41, 5.74) is 1.15. The van der Waals surface area contributed by atoms with Gasteiger partial charge in [-0.15, -0.1) is 11.3 Å². The van der Waals surface area contributed by atoms with E-state index in [-0.39, 0.29) is 36.4 Å². The summed E-state index contributed by atoms with van der Waals surface area (Å²) in [4.78, 5) is 31.0. The van der Waals surface area contributed by atoms with Crippen molar-refractivity contribution in [2.45, 2.75) is 45.2 Å². The zero-order chi connectivity index (χ0) is 22.0. The Labute approximate surface area is 187 Å². The van der Waals surface area contributed by atoms with Crippen molar-refractivity contribution >= 4 is 23.2 Å². The number of thiophene rings is 1. The minimum absolute atomic E-state index is 0.00466. The number of hydrogen-bond acceptors (Lipinski definition) is 5. The fraction of sp³-hybridized carbons (Fsp3) is 0.500. The molecule has 31 heavy (non-hydrogen) atoms. The first-order valence-electron chi connectivity index (χ1n) is 10.9. The van der Waals surface area contributed by atoms with Gasteiger partial charge < -0.3 is 19.3 Å². The van der Waals surface area contributed by atoms with E-state index in [2.05, 4.69) is 11.4 Å². The first-order chi connectivity index (χ1) is 15.0. The molecule has 4 rings (SSSR count). The molecule has 7 heteroatoms. The van der Waals surface area contributed by atoms with Crippen molar-refractivity contribution < 1.29 is 19.1 Å². The molecule has 1 aliphatic carbocycles. The smallest absolute Gasteiger partial charge is 0.242 e. The predicted octanol–water partition coefficient (Wildman–Crippen LogP) is 3.91. The molecule has 0 saturated heterocycles. The van der Waals surface area contributed by atoms with Crippen LogP contribution in [0.2, 0.25) is 0 Å². The molecule has 0 spiro atoms. The van der Waals surface area contributed by atoms with Gasteiger partial charge in [0.15, 0.2) is 0 Å². The van der Waals surface area contributed by atoms with Crippen LogP contribution in [0.1, 0.15) is 43.2 Å². The minimum atomic E-state index is -0.168. The fourth-order valence-corrected chi connectivity index (χ4v) is 4.99. The number of hydrogen-bond donors (Lipinski definition) is 0. The van der Waals surface area contributed by atoms with Crippen molar-refractivity contribution in [1.29, 1.82) is 0 Å². The van der Waals surface area contributed by atoms with Gasteiger partial charge in [-0.2, -0.15) is 0 Å². The van der Waals surface area contributed by atoms with E-state index < -0.39 is 0 Å². The maximum atomic E-state index is 13.4. The molecule has 2 aliphatic rings. The van der Waals surface area contributed by atoms with Gasteiger partial charge >= 0.3 is 0 Å². The molecule has 1 aliphatic heterocycles. The van der Waals surface area contributed by atoms with E-state index >= 15 is 0 Å². The summed E-state index contributed by atoms with van der Waals surface area (Å²) in [5, 5.41) is 2.08. The summed E-state index contributed by atoms with van der Waals surface area (Å²) in [6.45, 7) is 5.08. The van der Waals surface area contributed by atoms with Gasteiger partial charge in [0.1, 0.15) is 24.7 Å². The van der Waals surface area contributed by atoms with Gasteiger partial charge in [-0.25, -0.2) is 0 Å². The van der Waals surface area contributed by atoms with Gasteiger partial charge in [-0.1, -0.05) is 6.07 Å². The summed E-state index contributed by atoms with van der Waals surface area (Å²) in [5.74, 6) is 1.64. The van der Waals surface area contributed by atoms with E-state index in [1.807, 2.05) is 43.0 Å². The van der Waals surface area contributed by atoms with Crippen molar-refractivity contribution in [3.8, 4) is 11.5 Å². The van der Waals surface area contributed by atoms with Crippen molar-refractivity contribution in [2.75, 3.05) is 26.8 Å². The third-order valence-electron chi connectivity index (χ3n) is 6.00. The highest BCUT2D eigenvalue weighted by Crippen LogP contribution is 2.35. The molecule has 1 saturated carbocycles. The van der Waals surface area contributed by atoms with Gasteiger partial charge in [-0.05, 0) is 62.3 Å². The Bertz CT molecular complexity index is 937. The summed E-state index contributed by atoms with van der Waals surface area (Å²) in [6, 6.07) is 9.42. The lowest BCUT2D eigenvalue weighted by molar-refractivity contribution is -0.144. The van der Waals surface area contributed by atoms with E-state index in [0.717, 1.165) is 30.6 Å². The summed E-state index contributed by atoms with van der Waals surface area (Å²) in [6.07, 6.45) is 2.72. The third-order valence-corrected chi connectivity index (χ3v) is 7.00. The van der Waals surface area contributed by atoms with Gasteiger partial charge in [0, 0.05) is 29.4 Å². The molecule has 1 unspecified atom stereocenters. The standard InChI is InChI=1S/C24H30N2O4S/c1-16(2)26(24(28)17-7-8-17)14-23(27)25-11-9-22-20(10-12-31-22)21(25)15-30-19-6-4-5-18(13-19)29-3/h4-6,10,12-13,16-17,21H,7-9,11,14-15H2,1-3H3. The largest absolute Gasteiger partial charge is 0.497 e. The quantitative estimate of drug-likeness (QED) is 0.622. The van der Waals surface area contributed by atoms with E-state index in [1.165, 1.54) is 4.88 Å². The van der Waals surface area contributed by atoms with Gasteiger partial charge in [-0.3, -0.25) is 9.59 Å². The molecule has 0 radical (unpaired) electrons. The van der Waals surface area contributed by atoms with Crippen molar-refractivity contribution in [2.24, 2.45) is 5.92 Å². The van der Waals surface area contributed by atoms with E-state index in [0.29, 0.717) is 18.9 Å². The summed E-state index contributed by atoms with van der Waals surface area (Å²) >= 11 is 1.73. The second kappa shape index (κ2) is 9.30. The van der Waals surface area contributed by atoms with Gasteiger partial charge in [0.2, 0.25) is 11.8 Å². The molecule has 1 atom stereocenters. The minimum Gasteiger partial charge on any atom is -0.497 e. The zero-order valence-corrected chi connectivity index (χ0v) is 19.2. The van der Waals surface area contributed by atoms with Crippen LogP contribution in [-0.2, 0) is 16.0 Å². The van der Waals surface area contributed by atoms with Crippen molar-refractivity contribution in [3.63, 3.8) is 0 Å². The van der Waals surface area contributed by atoms with E-state index in [9.17, 15) is 9.59 Å². The number of amides is 2. The molecular formula is C24H30N2O4S. The molecule has 1 fully saturated rings. The van der Waals surface area contributed by atoms with Crippen molar-refractivity contribution in [1.82, 2.24) is 9.80 Å². The SMILES string of the molecule is COc1cccc(OCC2c3ccsc3CCN2C(=O)CN(C(=O)C2CC2)C(C)C)c1. The number of carbonyl (C=O) groups is 2. The normalized spacial score (nSPS) is 17.9. The molecule has 2 heterocycles. The molecule has 0 N–H and O–H groups in total. The Hall–Kier alpha value is -2.54. The van der Waals surface area contributed by atoms with Crippen molar-refractivity contribution in [3.05, 3.63) is 46.2 Å².